The molecule has 2 aliphatic heterocycles. The zero-order valence-corrected chi connectivity index (χ0v) is 20.2. The Balaban J connectivity index is 0.000000693. The van der Waals surface area contributed by atoms with Crippen LogP contribution in [0, 0.1) is 0 Å². The summed E-state index contributed by atoms with van der Waals surface area (Å²) in [5.41, 5.74) is 1.11. The van der Waals surface area contributed by atoms with E-state index in [4.69, 9.17) is 24.5 Å². The number of aliphatic hydroxyl groups is 1. The van der Waals surface area contributed by atoms with E-state index in [1.54, 1.807) is 6.20 Å². The Bertz CT molecular complexity index is 898. The lowest BCUT2D eigenvalue weighted by Gasteiger charge is -2.32. The van der Waals surface area contributed by atoms with Gasteiger partial charge in [0.05, 0.1) is 6.54 Å². The average molecular weight is 506 g/mol. The SMILES string of the molecule is O=C1CN(Cc2cccc(OCC(O)CN3CCC(c4ncc[nH]4)CC3)c2)CCN1.O=CO.O=CO. The molecule has 0 aliphatic carbocycles. The predicted octanol–water partition coefficient (Wildman–Crippen LogP) is 0.362. The number of carbonyl (C=O) groups is 3. The Hall–Kier alpha value is -3.48. The minimum atomic E-state index is -0.528. The summed E-state index contributed by atoms with van der Waals surface area (Å²) in [4.78, 5) is 40.3. The van der Waals surface area contributed by atoms with Crippen molar-refractivity contribution in [3.63, 3.8) is 0 Å². The Morgan fingerprint density at radius 1 is 1.14 bits per heavy atom. The van der Waals surface area contributed by atoms with Crippen molar-refractivity contribution in [2.75, 3.05) is 45.9 Å². The molecule has 2 aromatic rings. The maximum absolute atomic E-state index is 11.5. The number of piperazine rings is 1. The molecule has 1 unspecified atom stereocenters. The van der Waals surface area contributed by atoms with E-state index in [1.807, 2.05) is 30.5 Å². The summed E-state index contributed by atoms with van der Waals surface area (Å²) in [7, 11) is 0. The lowest BCUT2D eigenvalue weighted by atomic mass is 9.96. The van der Waals surface area contributed by atoms with Gasteiger partial charge in [0.25, 0.3) is 12.9 Å². The molecule has 1 amide bonds. The predicted molar refractivity (Wildman–Crippen MR) is 131 cm³/mol. The number of hydrogen-bond donors (Lipinski definition) is 5. The summed E-state index contributed by atoms with van der Waals surface area (Å²) in [5, 5.41) is 27.1. The molecule has 2 fully saturated rings. The number of likely N-dealkylation sites (tertiary alicyclic amines) is 1. The number of ether oxygens (including phenoxy) is 1. The Morgan fingerprint density at radius 3 is 2.50 bits per heavy atom. The van der Waals surface area contributed by atoms with E-state index in [-0.39, 0.29) is 25.5 Å². The van der Waals surface area contributed by atoms with Gasteiger partial charge in [0.1, 0.15) is 24.3 Å². The van der Waals surface area contributed by atoms with Crippen molar-refractivity contribution in [1.82, 2.24) is 25.1 Å². The molecule has 12 nitrogen and oxygen atoms in total. The van der Waals surface area contributed by atoms with Crippen molar-refractivity contribution >= 4 is 18.9 Å². The second kappa shape index (κ2) is 16.2. The molecule has 1 atom stereocenters. The monoisotopic (exact) mass is 505 g/mol. The van der Waals surface area contributed by atoms with Crippen LogP contribution in [0.4, 0.5) is 0 Å². The van der Waals surface area contributed by atoms with Gasteiger partial charge >= 0.3 is 0 Å². The maximum atomic E-state index is 11.5. The fourth-order valence-corrected chi connectivity index (χ4v) is 4.25. The zero-order chi connectivity index (χ0) is 26.2. The van der Waals surface area contributed by atoms with Crippen LogP contribution in [0.1, 0.15) is 30.1 Å². The topological polar surface area (TPSA) is 168 Å². The van der Waals surface area contributed by atoms with Crippen molar-refractivity contribution in [3.05, 3.63) is 48.0 Å². The van der Waals surface area contributed by atoms with Gasteiger partial charge in [-0.15, -0.1) is 0 Å². The number of aromatic amines is 1. The molecule has 0 bridgehead atoms. The number of H-pyrrole nitrogens is 1. The van der Waals surface area contributed by atoms with Crippen LogP contribution in [0.15, 0.2) is 36.7 Å². The lowest BCUT2D eigenvalue weighted by molar-refractivity contribution is -0.124. The Kier molecular flexibility index (Phi) is 13.0. The number of aliphatic hydroxyl groups excluding tert-OH is 1. The number of amides is 1. The molecule has 198 valence electrons. The van der Waals surface area contributed by atoms with Crippen LogP contribution in [-0.2, 0) is 20.9 Å². The first kappa shape index (κ1) is 28.8. The maximum Gasteiger partial charge on any atom is 0.290 e. The molecule has 1 aromatic heterocycles. The van der Waals surface area contributed by atoms with E-state index in [2.05, 4.69) is 25.1 Å². The fourth-order valence-electron chi connectivity index (χ4n) is 4.25. The average Bonchev–Trinajstić information content (AvgIpc) is 3.40. The van der Waals surface area contributed by atoms with Crippen molar-refractivity contribution in [2.24, 2.45) is 0 Å². The number of aromatic nitrogens is 2. The molecule has 36 heavy (non-hydrogen) atoms. The molecule has 12 heteroatoms. The molecule has 5 N–H and O–H groups in total. The van der Waals surface area contributed by atoms with Crippen molar-refractivity contribution < 1.29 is 34.4 Å². The minimum absolute atomic E-state index is 0.0740. The van der Waals surface area contributed by atoms with E-state index in [0.717, 1.165) is 56.2 Å². The van der Waals surface area contributed by atoms with Crippen LogP contribution in [0.2, 0.25) is 0 Å². The van der Waals surface area contributed by atoms with E-state index in [9.17, 15) is 9.90 Å². The van der Waals surface area contributed by atoms with Crippen LogP contribution in [-0.4, -0.2) is 106 Å². The van der Waals surface area contributed by atoms with E-state index in [0.29, 0.717) is 25.6 Å². The number of nitrogens with one attached hydrogen (secondary N) is 2. The van der Waals surface area contributed by atoms with Crippen LogP contribution in [0.25, 0.3) is 0 Å². The summed E-state index contributed by atoms with van der Waals surface area (Å²) in [6, 6.07) is 7.90. The van der Waals surface area contributed by atoms with Gasteiger partial charge in [-0.05, 0) is 43.6 Å². The molecule has 2 saturated heterocycles. The van der Waals surface area contributed by atoms with Gasteiger partial charge in [-0.2, -0.15) is 0 Å². The first-order chi connectivity index (χ1) is 17.5. The van der Waals surface area contributed by atoms with Gasteiger partial charge in [-0.3, -0.25) is 19.3 Å². The van der Waals surface area contributed by atoms with Crippen molar-refractivity contribution in [2.45, 2.75) is 31.4 Å². The first-order valence-corrected chi connectivity index (χ1v) is 11.7. The highest BCUT2D eigenvalue weighted by molar-refractivity contribution is 5.78. The minimum Gasteiger partial charge on any atom is -0.491 e. The number of nitrogens with zero attached hydrogens (tertiary/aromatic N) is 3. The van der Waals surface area contributed by atoms with E-state index >= 15 is 0 Å². The third kappa shape index (κ3) is 10.4. The summed E-state index contributed by atoms with van der Waals surface area (Å²) < 4.78 is 5.85. The normalized spacial score (nSPS) is 17.4. The number of carbonyl (C=O) groups excluding carboxylic acids is 1. The highest BCUT2D eigenvalue weighted by Crippen LogP contribution is 2.25. The quantitative estimate of drug-likeness (QED) is 0.316. The summed E-state index contributed by atoms with van der Waals surface area (Å²) >= 11 is 0. The molecule has 0 spiro atoms. The standard InChI is InChI=1S/C22H31N5O3.2CH2O2/c28-19(14-26-9-4-18(5-10-26)22-24-6-7-25-22)16-30-20-3-1-2-17(12-20)13-27-11-8-23-21(29)15-27;2*2-1-3/h1-3,6-7,12,18-19,28H,4-5,8-11,13-16H2,(H,23,29)(H,24,25);2*1H,(H,2,3). The fraction of sp³-hybridized carbons (Fsp3) is 0.500. The van der Waals surface area contributed by atoms with Crippen molar-refractivity contribution in [3.8, 4) is 5.75 Å². The summed E-state index contributed by atoms with van der Waals surface area (Å²) in [6.07, 6.45) is 5.26. The third-order valence-corrected chi connectivity index (χ3v) is 5.83. The number of imidazole rings is 1. The highest BCUT2D eigenvalue weighted by atomic mass is 16.5. The van der Waals surface area contributed by atoms with Gasteiger partial charge in [-0.25, -0.2) is 4.98 Å². The van der Waals surface area contributed by atoms with Gasteiger partial charge < -0.3 is 35.3 Å². The molecule has 2 aliphatic rings. The lowest BCUT2D eigenvalue weighted by Crippen LogP contribution is -2.47. The third-order valence-electron chi connectivity index (χ3n) is 5.83. The molecule has 1 aromatic carbocycles. The van der Waals surface area contributed by atoms with Crippen LogP contribution >= 0.6 is 0 Å². The largest absolute Gasteiger partial charge is 0.491 e. The second-order valence-corrected chi connectivity index (χ2v) is 8.43. The van der Waals surface area contributed by atoms with Gasteiger partial charge in [0.15, 0.2) is 0 Å². The smallest absolute Gasteiger partial charge is 0.290 e. The molecular weight excluding hydrogens is 470 g/mol. The number of piperidine rings is 1. The molecule has 3 heterocycles. The van der Waals surface area contributed by atoms with E-state index < -0.39 is 6.10 Å². The number of hydrogen-bond acceptors (Lipinski definition) is 8. The number of benzene rings is 1. The first-order valence-electron chi connectivity index (χ1n) is 11.7. The zero-order valence-electron chi connectivity index (χ0n) is 20.2. The number of carboxylic acid groups (broad SMARTS) is 2. The summed E-state index contributed by atoms with van der Waals surface area (Å²) in [5.74, 6) is 2.39. The van der Waals surface area contributed by atoms with Crippen LogP contribution in [0.3, 0.4) is 0 Å². The van der Waals surface area contributed by atoms with E-state index in [1.165, 1.54) is 0 Å². The van der Waals surface area contributed by atoms with Gasteiger partial charge in [0.2, 0.25) is 5.91 Å². The van der Waals surface area contributed by atoms with Crippen molar-refractivity contribution in [1.29, 1.82) is 0 Å². The Labute approximate surface area is 209 Å². The Morgan fingerprint density at radius 2 is 1.86 bits per heavy atom. The van der Waals surface area contributed by atoms with Gasteiger partial charge in [-0.1, -0.05) is 12.1 Å². The molecule has 0 saturated carbocycles. The number of rotatable bonds is 8. The van der Waals surface area contributed by atoms with Crippen LogP contribution in [0.5, 0.6) is 5.75 Å². The van der Waals surface area contributed by atoms with Gasteiger partial charge in [0, 0.05) is 44.5 Å². The molecular formula is C24H35N5O7. The highest BCUT2D eigenvalue weighted by Gasteiger charge is 2.23. The van der Waals surface area contributed by atoms with Crippen LogP contribution < -0.4 is 10.1 Å². The molecule has 4 rings (SSSR count). The summed E-state index contributed by atoms with van der Waals surface area (Å²) in [6.45, 7) is 5.01. The second-order valence-electron chi connectivity index (χ2n) is 8.43. The molecule has 0 radical (unpaired) electrons. The number of β-amino-alcohol motifs (C(OH)–C–C–N with tert-alkyl or cyclic N) is 1.